The highest BCUT2D eigenvalue weighted by Crippen LogP contribution is 2.21. The van der Waals surface area contributed by atoms with Gasteiger partial charge in [0.25, 0.3) is 0 Å². The van der Waals surface area contributed by atoms with Crippen LogP contribution < -0.4 is 10.6 Å². The van der Waals surface area contributed by atoms with Gasteiger partial charge in [-0.1, -0.05) is 11.8 Å². The molecule has 0 aromatic carbocycles. The van der Waals surface area contributed by atoms with Crippen molar-refractivity contribution in [2.45, 2.75) is 24.7 Å². The van der Waals surface area contributed by atoms with Gasteiger partial charge in [-0.25, -0.2) is 9.97 Å². The molecule has 0 spiro atoms. The SMILES string of the molecule is CCNc1cc(NCCC(F)(F)F)nc(SC)n1. The molecule has 18 heavy (non-hydrogen) atoms. The average molecular weight is 280 g/mol. The lowest BCUT2D eigenvalue weighted by Gasteiger charge is -2.10. The van der Waals surface area contributed by atoms with Crippen molar-refractivity contribution >= 4 is 23.4 Å². The van der Waals surface area contributed by atoms with Crippen molar-refractivity contribution in [2.75, 3.05) is 30.0 Å². The molecule has 0 saturated heterocycles. The van der Waals surface area contributed by atoms with E-state index in [-0.39, 0.29) is 6.54 Å². The summed E-state index contributed by atoms with van der Waals surface area (Å²) in [5, 5.41) is 6.17. The molecular formula is C10H15F3N4S. The van der Waals surface area contributed by atoms with Crippen molar-refractivity contribution in [3.05, 3.63) is 6.07 Å². The van der Waals surface area contributed by atoms with Gasteiger partial charge in [0.1, 0.15) is 11.6 Å². The second-order valence-electron chi connectivity index (χ2n) is 3.45. The van der Waals surface area contributed by atoms with Gasteiger partial charge < -0.3 is 10.6 Å². The van der Waals surface area contributed by atoms with Gasteiger partial charge in [0.15, 0.2) is 5.16 Å². The second-order valence-corrected chi connectivity index (χ2v) is 4.22. The van der Waals surface area contributed by atoms with Crippen molar-refractivity contribution in [2.24, 2.45) is 0 Å². The number of rotatable bonds is 6. The molecule has 0 radical (unpaired) electrons. The molecule has 1 heterocycles. The third-order valence-electron chi connectivity index (χ3n) is 1.96. The molecule has 0 atom stereocenters. The molecule has 1 aromatic rings. The van der Waals surface area contributed by atoms with Gasteiger partial charge in [-0.3, -0.25) is 0 Å². The van der Waals surface area contributed by atoms with E-state index in [2.05, 4.69) is 20.6 Å². The summed E-state index contributed by atoms with van der Waals surface area (Å²) in [6.07, 6.45) is -3.24. The normalized spacial score (nSPS) is 11.4. The van der Waals surface area contributed by atoms with E-state index in [1.165, 1.54) is 11.8 Å². The Kier molecular flexibility index (Phi) is 5.52. The maximum atomic E-state index is 12.0. The van der Waals surface area contributed by atoms with Crippen LogP contribution in [-0.4, -0.2) is 35.5 Å². The second kappa shape index (κ2) is 6.67. The Labute approximate surface area is 108 Å². The number of nitrogens with zero attached hydrogens (tertiary/aromatic N) is 2. The highest BCUT2D eigenvalue weighted by Gasteiger charge is 2.26. The molecule has 0 aliphatic carbocycles. The van der Waals surface area contributed by atoms with Crippen molar-refractivity contribution in [3.8, 4) is 0 Å². The number of hydrogen-bond acceptors (Lipinski definition) is 5. The molecule has 0 bridgehead atoms. The van der Waals surface area contributed by atoms with E-state index in [0.717, 1.165) is 0 Å². The van der Waals surface area contributed by atoms with Crippen molar-refractivity contribution in [1.29, 1.82) is 0 Å². The van der Waals surface area contributed by atoms with Gasteiger partial charge in [0.2, 0.25) is 0 Å². The molecule has 4 nitrogen and oxygen atoms in total. The summed E-state index contributed by atoms with van der Waals surface area (Å²) in [7, 11) is 0. The summed E-state index contributed by atoms with van der Waals surface area (Å²) in [5.41, 5.74) is 0. The molecule has 8 heteroatoms. The molecule has 0 unspecified atom stereocenters. The van der Waals surface area contributed by atoms with Gasteiger partial charge in [0, 0.05) is 19.2 Å². The number of hydrogen-bond donors (Lipinski definition) is 2. The first-order chi connectivity index (χ1) is 8.44. The Morgan fingerprint density at radius 2 is 1.83 bits per heavy atom. The molecule has 0 saturated carbocycles. The first kappa shape index (κ1) is 14.9. The number of halogens is 3. The van der Waals surface area contributed by atoms with Gasteiger partial charge in [-0.2, -0.15) is 13.2 Å². The Hall–Kier alpha value is -1.18. The van der Waals surface area contributed by atoms with Gasteiger partial charge >= 0.3 is 6.18 Å². The Morgan fingerprint density at radius 1 is 1.22 bits per heavy atom. The summed E-state index contributed by atoms with van der Waals surface area (Å²) < 4.78 is 36.0. The lowest BCUT2D eigenvalue weighted by Crippen LogP contribution is -2.15. The van der Waals surface area contributed by atoms with Crippen LogP contribution in [0.15, 0.2) is 11.2 Å². The Morgan fingerprint density at radius 3 is 2.33 bits per heavy atom. The van der Waals surface area contributed by atoms with E-state index in [9.17, 15) is 13.2 Å². The van der Waals surface area contributed by atoms with Crippen LogP contribution in [0, 0.1) is 0 Å². The van der Waals surface area contributed by atoms with Crippen LogP contribution in [0.2, 0.25) is 0 Å². The maximum Gasteiger partial charge on any atom is 0.390 e. The van der Waals surface area contributed by atoms with Crippen LogP contribution in [0.3, 0.4) is 0 Å². The van der Waals surface area contributed by atoms with Crippen LogP contribution in [0.5, 0.6) is 0 Å². The molecular weight excluding hydrogens is 265 g/mol. The Balaban J connectivity index is 2.66. The lowest BCUT2D eigenvalue weighted by molar-refractivity contribution is -0.131. The zero-order valence-corrected chi connectivity index (χ0v) is 11.0. The predicted octanol–water partition coefficient (Wildman–Crippen LogP) is 2.99. The summed E-state index contributed by atoms with van der Waals surface area (Å²) in [6, 6.07) is 1.60. The standard InChI is InChI=1S/C10H15F3N4S/c1-3-14-7-6-8(17-9(16-7)18-2)15-5-4-10(11,12)13/h6H,3-5H2,1-2H3,(H2,14,15,16,17). The molecule has 0 aliphatic heterocycles. The third-order valence-corrected chi connectivity index (χ3v) is 2.51. The molecule has 0 amide bonds. The number of nitrogens with one attached hydrogen (secondary N) is 2. The fourth-order valence-electron chi connectivity index (χ4n) is 1.21. The van der Waals surface area contributed by atoms with E-state index in [4.69, 9.17) is 0 Å². The largest absolute Gasteiger partial charge is 0.390 e. The molecule has 102 valence electrons. The molecule has 1 aromatic heterocycles. The van der Waals surface area contributed by atoms with Crippen molar-refractivity contribution in [1.82, 2.24) is 9.97 Å². The zero-order valence-electron chi connectivity index (χ0n) is 10.1. The predicted molar refractivity (Wildman–Crippen MR) is 67.1 cm³/mol. The fraction of sp³-hybridized carbons (Fsp3) is 0.600. The molecule has 2 N–H and O–H groups in total. The van der Waals surface area contributed by atoms with E-state index in [1.807, 2.05) is 13.2 Å². The first-order valence-electron chi connectivity index (χ1n) is 5.42. The van der Waals surface area contributed by atoms with Gasteiger partial charge in [-0.05, 0) is 13.2 Å². The first-order valence-corrected chi connectivity index (χ1v) is 6.64. The highest BCUT2D eigenvalue weighted by molar-refractivity contribution is 7.98. The van der Waals surface area contributed by atoms with E-state index in [1.54, 1.807) is 6.07 Å². The summed E-state index contributed by atoms with van der Waals surface area (Å²) in [6.45, 7) is 2.41. The van der Waals surface area contributed by atoms with E-state index < -0.39 is 12.6 Å². The smallest absolute Gasteiger partial charge is 0.370 e. The number of alkyl halides is 3. The van der Waals surface area contributed by atoms with Gasteiger partial charge in [-0.15, -0.1) is 0 Å². The topological polar surface area (TPSA) is 49.8 Å². The van der Waals surface area contributed by atoms with Crippen molar-refractivity contribution < 1.29 is 13.2 Å². The van der Waals surface area contributed by atoms with Gasteiger partial charge in [0.05, 0.1) is 6.42 Å². The molecule has 1 rings (SSSR count). The van der Waals surface area contributed by atoms with Crippen LogP contribution in [0.4, 0.5) is 24.8 Å². The highest BCUT2D eigenvalue weighted by atomic mass is 32.2. The minimum absolute atomic E-state index is 0.195. The van der Waals surface area contributed by atoms with Crippen LogP contribution in [0.25, 0.3) is 0 Å². The van der Waals surface area contributed by atoms with Crippen LogP contribution in [-0.2, 0) is 0 Å². The lowest BCUT2D eigenvalue weighted by atomic mass is 10.4. The summed E-state index contributed by atoms with van der Waals surface area (Å²) >= 11 is 1.34. The zero-order chi connectivity index (χ0) is 13.6. The number of aromatic nitrogens is 2. The molecule has 0 fully saturated rings. The number of anilines is 2. The number of thioether (sulfide) groups is 1. The monoisotopic (exact) mass is 280 g/mol. The minimum Gasteiger partial charge on any atom is -0.370 e. The van der Waals surface area contributed by atoms with E-state index in [0.29, 0.717) is 23.3 Å². The fourth-order valence-corrected chi connectivity index (χ4v) is 1.59. The minimum atomic E-state index is -4.16. The maximum absolute atomic E-state index is 12.0. The quantitative estimate of drug-likeness (QED) is 0.619. The average Bonchev–Trinajstić information content (AvgIpc) is 2.27. The molecule has 0 aliphatic rings. The van der Waals surface area contributed by atoms with Crippen LogP contribution in [0.1, 0.15) is 13.3 Å². The Bertz CT molecular complexity index is 384. The van der Waals surface area contributed by atoms with Crippen molar-refractivity contribution in [3.63, 3.8) is 0 Å². The summed E-state index contributed by atoms with van der Waals surface area (Å²) in [4.78, 5) is 8.26. The summed E-state index contributed by atoms with van der Waals surface area (Å²) in [5.74, 6) is 1.00. The van der Waals surface area contributed by atoms with E-state index >= 15 is 0 Å². The third kappa shape index (κ3) is 5.44. The van der Waals surface area contributed by atoms with Crippen LogP contribution >= 0.6 is 11.8 Å².